The Bertz CT molecular complexity index is 633. The number of nitrogens with one attached hydrogen (secondary N) is 1. The average Bonchev–Trinajstić information content (AvgIpc) is 3.13. The van der Waals surface area contributed by atoms with Gasteiger partial charge in [-0.2, -0.15) is 5.10 Å². The van der Waals surface area contributed by atoms with Crippen molar-refractivity contribution < 1.29 is 9.18 Å². The molecule has 3 rings (SSSR count). The zero-order chi connectivity index (χ0) is 14.3. The Balaban J connectivity index is 1.64. The van der Waals surface area contributed by atoms with Crippen LogP contribution in [-0.2, 0) is 11.8 Å². The van der Waals surface area contributed by atoms with Crippen molar-refractivity contribution in [2.75, 3.05) is 5.32 Å². The number of benzene rings is 1. The molecule has 104 valence electrons. The number of hydrogen-bond donors (Lipinski definition) is 1. The molecule has 6 heteroatoms. The van der Waals surface area contributed by atoms with Crippen LogP contribution in [0.4, 0.5) is 10.2 Å². The molecule has 0 spiro atoms. The number of halogens is 2. The summed E-state index contributed by atoms with van der Waals surface area (Å²) in [5.41, 5.74) is 1.01. The van der Waals surface area contributed by atoms with Crippen LogP contribution < -0.4 is 5.32 Å². The number of rotatable bonds is 3. The smallest absolute Gasteiger partial charge is 0.229 e. The van der Waals surface area contributed by atoms with Gasteiger partial charge in [-0.15, -0.1) is 0 Å². The van der Waals surface area contributed by atoms with Crippen molar-refractivity contribution in [3.8, 4) is 0 Å². The van der Waals surface area contributed by atoms with E-state index in [2.05, 4.69) is 26.3 Å². The van der Waals surface area contributed by atoms with Crippen LogP contribution in [0.2, 0.25) is 0 Å². The van der Waals surface area contributed by atoms with Gasteiger partial charge in [-0.05, 0) is 46.0 Å². The van der Waals surface area contributed by atoms with E-state index >= 15 is 0 Å². The maximum atomic E-state index is 12.9. The fourth-order valence-corrected chi connectivity index (χ4v) is 2.58. The summed E-state index contributed by atoms with van der Waals surface area (Å²) in [6, 6.07) is 8.10. The number of carbonyl (C=O) groups is 1. The van der Waals surface area contributed by atoms with Crippen LogP contribution >= 0.6 is 15.9 Å². The van der Waals surface area contributed by atoms with Gasteiger partial charge in [-0.3, -0.25) is 9.48 Å². The molecular formula is C14H13BrFN3O. The molecule has 0 radical (unpaired) electrons. The lowest BCUT2D eigenvalue weighted by molar-refractivity contribution is -0.117. The van der Waals surface area contributed by atoms with E-state index in [0.717, 1.165) is 16.6 Å². The molecule has 20 heavy (non-hydrogen) atoms. The van der Waals surface area contributed by atoms with Crippen LogP contribution in [-0.4, -0.2) is 15.7 Å². The maximum absolute atomic E-state index is 12.9. The van der Waals surface area contributed by atoms with E-state index in [9.17, 15) is 9.18 Å². The standard InChI is InChI=1S/C14H13BrFN3O/c1-19-12(15)7-13(18-19)17-14(20)11-6-10(11)8-2-4-9(16)5-3-8/h2-5,7,10-11H,6H2,1H3,(H,17,18,20)/t10-,11+/m0/s1. The summed E-state index contributed by atoms with van der Waals surface area (Å²) >= 11 is 3.33. The average molecular weight is 338 g/mol. The first-order valence-corrected chi connectivity index (χ1v) is 7.10. The van der Waals surface area contributed by atoms with E-state index in [4.69, 9.17) is 0 Å². The molecule has 2 atom stereocenters. The van der Waals surface area contributed by atoms with Crippen LogP contribution in [0, 0.1) is 11.7 Å². The number of anilines is 1. The van der Waals surface area contributed by atoms with Crippen molar-refractivity contribution >= 4 is 27.7 Å². The fraction of sp³-hybridized carbons (Fsp3) is 0.286. The minimum atomic E-state index is -0.256. The second-order valence-corrected chi connectivity index (χ2v) is 5.78. The van der Waals surface area contributed by atoms with Crippen molar-refractivity contribution in [2.45, 2.75) is 12.3 Å². The van der Waals surface area contributed by atoms with E-state index in [1.54, 1.807) is 29.9 Å². The van der Waals surface area contributed by atoms with Gasteiger partial charge in [-0.1, -0.05) is 12.1 Å². The lowest BCUT2D eigenvalue weighted by Crippen LogP contribution is -2.15. The summed E-state index contributed by atoms with van der Waals surface area (Å²) in [6.07, 6.45) is 0.797. The van der Waals surface area contributed by atoms with E-state index < -0.39 is 0 Å². The summed E-state index contributed by atoms with van der Waals surface area (Å²) in [6.45, 7) is 0. The fourth-order valence-electron chi connectivity index (χ4n) is 2.29. The number of aromatic nitrogens is 2. The first kappa shape index (κ1) is 13.3. The Morgan fingerprint density at radius 3 is 2.75 bits per heavy atom. The Kier molecular flexibility index (Phi) is 3.33. The first-order chi connectivity index (χ1) is 9.54. The first-order valence-electron chi connectivity index (χ1n) is 6.30. The summed E-state index contributed by atoms with van der Waals surface area (Å²) in [7, 11) is 1.79. The summed E-state index contributed by atoms with van der Waals surface area (Å²) in [5, 5.41) is 6.96. The molecule has 1 N–H and O–H groups in total. The third-order valence-electron chi connectivity index (χ3n) is 3.50. The highest BCUT2D eigenvalue weighted by Crippen LogP contribution is 2.47. The van der Waals surface area contributed by atoms with Gasteiger partial charge in [0.1, 0.15) is 10.4 Å². The molecule has 1 heterocycles. The molecule has 1 aliphatic carbocycles. The maximum Gasteiger partial charge on any atom is 0.229 e. The zero-order valence-corrected chi connectivity index (χ0v) is 12.4. The Morgan fingerprint density at radius 1 is 1.45 bits per heavy atom. The van der Waals surface area contributed by atoms with Gasteiger partial charge in [0.2, 0.25) is 5.91 Å². The quantitative estimate of drug-likeness (QED) is 0.935. The van der Waals surface area contributed by atoms with Crippen LogP contribution in [0.1, 0.15) is 17.9 Å². The molecule has 1 aromatic heterocycles. The number of aryl methyl sites for hydroxylation is 1. The monoisotopic (exact) mass is 337 g/mol. The molecule has 1 aliphatic rings. The minimum Gasteiger partial charge on any atom is -0.309 e. The Hall–Kier alpha value is -1.69. The van der Waals surface area contributed by atoms with Crippen LogP contribution in [0.3, 0.4) is 0 Å². The van der Waals surface area contributed by atoms with Gasteiger partial charge in [0.05, 0.1) is 0 Å². The molecule has 0 unspecified atom stereocenters. The van der Waals surface area contributed by atoms with Crippen LogP contribution in [0.5, 0.6) is 0 Å². The van der Waals surface area contributed by atoms with Gasteiger partial charge >= 0.3 is 0 Å². The molecular weight excluding hydrogens is 325 g/mol. The molecule has 0 saturated heterocycles. The van der Waals surface area contributed by atoms with E-state index in [1.807, 2.05) is 0 Å². The third-order valence-corrected chi connectivity index (χ3v) is 4.24. The topological polar surface area (TPSA) is 46.9 Å². The van der Waals surface area contributed by atoms with Crippen molar-refractivity contribution in [3.63, 3.8) is 0 Å². The van der Waals surface area contributed by atoms with Crippen molar-refractivity contribution in [1.29, 1.82) is 0 Å². The SMILES string of the molecule is Cn1nc(NC(=O)[C@@H]2C[C@H]2c2ccc(F)cc2)cc1Br. The lowest BCUT2D eigenvalue weighted by atomic mass is 10.1. The van der Waals surface area contributed by atoms with Crippen LogP contribution in [0.25, 0.3) is 0 Å². The highest BCUT2D eigenvalue weighted by Gasteiger charge is 2.44. The third kappa shape index (κ3) is 2.60. The zero-order valence-electron chi connectivity index (χ0n) is 10.8. The Labute approximate surface area is 124 Å². The largest absolute Gasteiger partial charge is 0.309 e. The second kappa shape index (κ2) is 5.01. The van der Waals surface area contributed by atoms with Crippen LogP contribution in [0.15, 0.2) is 34.9 Å². The van der Waals surface area contributed by atoms with Crippen molar-refractivity contribution in [2.24, 2.45) is 13.0 Å². The van der Waals surface area contributed by atoms with E-state index in [-0.39, 0.29) is 23.6 Å². The van der Waals surface area contributed by atoms with Gasteiger partial charge < -0.3 is 5.32 Å². The highest BCUT2D eigenvalue weighted by atomic mass is 79.9. The molecule has 1 amide bonds. The molecule has 1 aromatic carbocycles. The molecule has 0 aliphatic heterocycles. The van der Waals surface area contributed by atoms with Crippen molar-refractivity contribution in [1.82, 2.24) is 9.78 Å². The lowest BCUT2D eigenvalue weighted by Gasteiger charge is -2.02. The predicted octanol–water partition coefficient (Wildman–Crippen LogP) is 3.06. The van der Waals surface area contributed by atoms with Gasteiger partial charge in [0.25, 0.3) is 0 Å². The minimum absolute atomic E-state index is 0.0371. The molecule has 1 saturated carbocycles. The molecule has 2 aromatic rings. The van der Waals surface area contributed by atoms with E-state index in [0.29, 0.717) is 5.82 Å². The second-order valence-electron chi connectivity index (χ2n) is 4.97. The number of carbonyl (C=O) groups excluding carboxylic acids is 1. The van der Waals surface area contributed by atoms with Gasteiger partial charge in [0.15, 0.2) is 5.82 Å². The summed E-state index contributed by atoms with van der Waals surface area (Å²) < 4.78 is 15.3. The highest BCUT2D eigenvalue weighted by molar-refractivity contribution is 9.10. The molecule has 0 bridgehead atoms. The predicted molar refractivity (Wildman–Crippen MR) is 76.8 cm³/mol. The number of amides is 1. The number of nitrogens with zero attached hydrogens (tertiary/aromatic N) is 2. The molecule has 1 fully saturated rings. The van der Waals surface area contributed by atoms with Crippen molar-refractivity contribution in [3.05, 3.63) is 46.3 Å². The van der Waals surface area contributed by atoms with Gasteiger partial charge in [0, 0.05) is 19.0 Å². The molecule has 4 nitrogen and oxygen atoms in total. The Morgan fingerprint density at radius 2 is 2.15 bits per heavy atom. The summed E-state index contributed by atoms with van der Waals surface area (Å²) in [5.74, 6) is 0.372. The van der Waals surface area contributed by atoms with Gasteiger partial charge in [-0.25, -0.2) is 4.39 Å². The summed E-state index contributed by atoms with van der Waals surface area (Å²) in [4.78, 5) is 12.1. The van der Waals surface area contributed by atoms with E-state index in [1.165, 1.54) is 12.1 Å². The number of hydrogen-bond acceptors (Lipinski definition) is 2. The normalized spacial score (nSPS) is 20.8.